The predicted octanol–water partition coefficient (Wildman–Crippen LogP) is 4.94. The average Bonchev–Trinajstić information content (AvgIpc) is 3.34. The largest absolute Gasteiger partial charge is 0.388 e. The van der Waals surface area contributed by atoms with Crippen molar-refractivity contribution < 1.29 is 9.63 Å². The first-order chi connectivity index (χ1) is 14.7. The molecular weight excluding hydrogens is 396 g/mol. The van der Waals surface area contributed by atoms with Gasteiger partial charge in [0, 0.05) is 10.6 Å². The fourth-order valence-corrected chi connectivity index (χ4v) is 5.27. The van der Waals surface area contributed by atoms with E-state index in [-0.39, 0.29) is 24.1 Å². The number of amides is 1. The molecule has 0 unspecified atom stereocenters. The van der Waals surface area contributed by atoms with Crippen molar-refractivity contribution in [2.24, 2.45) is 11.1 Å². The molecule has 0 radical (unpaired) electrons. The van der Waals surface area contributed by atoms with Crippen molar-refractivity contribution in [2.45, 2.75) is 24.6 Å². The third-order valence-corrected chi connectivity index (χ3v) is 6.73. The Morgan fingerprint density at radius 3 is 2.47 bits per heavy atom. The molecule has 0 spiro atoms. The molecule has 30 heavy (non-hydrogen) atoms. The molecule has 0 aromatic heterocycles. The molecule has 148 valence electrons. The lowest BCUT2D eigenvalue weighted by Gasteiger charge is -2.40. The molecule has 3 aromatic rings. The number of carbonyl (C=O) groups excluding carboxylic acids is 1. The molecule has 4 nitrogen and oxygen atoms in total. The molecule has 0 saturated carbocycles. The summed E-state index contributed by atoms with van der Waals surface area (Å²) in [5.41, 5.74) is 5.16. The Morgan fingerprint density at radius 1 is 0.933 bits per heavy atom. The Bertz CT molecular complexity index is 1160. The summed E-state index contributed by atoms with van der Waals surface area (Å²) in [5.74, 6) is -0.326. The van der Waals surface area contributed by atoms with Crippen molar-refractivity contribution in [3.05, 3.63) is 106 Å². The van der Waals surface area contributed by atoms with E-state index in [9.17, 15) is 4.79 Å². The molecule has 4 atom stereocenters. The van der Waals surface area contributed by atoms with Crippen molar-refractivity contribution in [3.63, 3.8) is 0 Å². The SMILES string of the molecule is O=C1[C@@H]2C(c3ccc(Cl)cc3)=NO[C@@H]2[C@H]2c3ccccc3C[C@H](c3ccccc3)N12. The topological polar surface area (TPSA) is 41.9 Å². The Kier molecular flexibility index (Phi) is 3.96. The average molecular weight is 415 g/mol. The van der Waals surface area contributed by atoms with Crippen LogP contribution in [0, 0.1) is 5.92 Å². The van der Waals surface area contributed by atoms with Crippen LogP contribution in [0.3, 0.4) is 0 Å². The molecule has 3 aromatic carbocycles. The number of halogens is 1. The summed E-state index contributed by atoms with van der Waals surface area (Å²) >= 11 is 6.05. The van der Waals surface area contributed by atoms with Crippen molar-refractivity contribution in [2.75, 3.05) is 0 Å². The quantitative estimate of drug-likeness (QED) is 0.596. The van der Waals surface area contributed by atoms with Crippen LogP contribution in [0.5, 0.6) is 0 Å². The van der Waals surface area contributed by atoms with Gasteiger partial charge < -0.3 is 9.74 Å². The van der Waals surface area contributed by atoms with Gasteiger partial charge in [-0.3, -0.25) is 4.79 Å². The Balaban J connectivity index is 1.46. The van der Waals surface area contributed by atoms with Crippen LogP contribution in [0.4, 0.5) is 0 Å². The molecule has 3 aliphatic rings. The first kappa shape index (κ1) is 17.7. The third kappa shape index (κ3) is 2.53. The number of fused-ring (bicyclic) bond motifs is 5. The zero-order valence-electron chi connectivity index (χ0n) is 16.1. The maximum atomic E-state index is 13.8. The number of carbonyl (C=O) groups is 1. The summed E-state index contributed by atoms with van der Waals surface area (Å²) in [6, 6.07) is 25.9. The second-order valence-corrected chi connectivity index (χ2v) is 8.49. The number of oxime groups is 1. The van der Waals surface area contributed by atoms with Crippen molar-refractivity contribution in [1.29, 1.82) is 0 Å². The molecule has 1 amide bonds. The molecule has 0 bridgehead atoms. The first-order valence-electron chi connectivity index (χ1n) is 10.2. The minimum atomic E-state index is -0.409. The van der Waals surface area contributed by atoms with E-state index < -0.39 is 5.92 Å². The van der Waals surface area contributed by atoms with Gasteiger partial charge in [-0.15, -0.1) is 0 Å². The summed E-state index contributed by atoms with van der Waals surface area (Å²) in [6.45, 7) is 0. The zero-order chi connectivity index (χ0) is 20.2. The smallest absolute Gasteiger partial charge is 0.237 e. The van der Waals surface area contributed by atoms with Gasteiger partial charge in [0.2, 0.25) is 5.91 Å². The molecule has 3 aliphatic heterocycles. The Hall–Kier alpha value is -3.11. The van der Waals surface area contributed by atoms with Gasteiger partial charge in [-0.1, -0.05) is 83.5 Å². The van der Waals surface area contributed by atoms with E-state index in [0.29, 0.717) is 10.7 Å². The van der Waals surface area contributed by atoms with Crippen LogP contribution < -0.4 is 0 Å². The Morgan fingerprint density at radius 2 is 1.67 bits per heavy atom. The van der Waals surface area contributed by atoms with Crippen LogP contribution in [-0.4, -0.2) is 22.6 Å². The highest BCUT2D eigenvalue weighted by molar-refractivity contribution is 6.30. The normalized spacial score (nSPS) is 26.5. The minimum Gasteiger partial charge on any atom is -0.388 e. The van der Waals surface area contributed by atoms with E-state index in [1.165, 1.54) is 5.56 Å². The van der Waals surface area contributed by atoms with E-state index in [0.717, 1.165) is 23.1 Å². The van der Waals surface area contributed by atoms with Crippen LogP contribution >= 0.6 is 11.6 Å². The zero-order valence-corrected chi connectivity index (χ0v) is 16.9. The van der Waals surface area contributed by atoms with Crippen molar-refractivity contribution in [3.8, 4) is 0 Å². The van der Waals surface area contributed by atoms with Gasteiger partial charge >= 0.3 is 0 Å². The van der Waals surface area contributed by atoms with Crippen LogP contribution in [0.25, 0.3) is 0 Å². The summed E-state index contributed by atoms with van der Waals surface area (Å²) in [7, 11) is 0. The fourth-order valence-electron chi connectivity index (χ4n) is 5.14. The molecule has 6 rings (SSSR count). The Labute approximate surface area is 179 Å². The molecule has 1 fully saturated rings. The van der Waals surface area contributed by atoms with Gasteiger partial charge in [-0.05, 0) is 35.2 Å². The van der Waals surface area contributed by atoms with Crippen LogP contribution in [0.15, 0.2) is 84.0 Å². The van der Waals surface area contributed by atoms with Crippen molar-refractivity contribution in [1.82, 2.24) is 4.90 Å². The first-order valence-corrected chi connectivity index (χ1v) is 10.5. The van der Waals surface area contributed by atoms with Gasteiger partial charge in [0.25, 0.3) is 0 Å². The van der Waals surface area contributed by atoms with Gasteiger partial charge in [0.1, 0.15) is 11.6 Å². The monoisotopic (exact) mass is 414 g/mol. The van der Waals surface area contributed by atoms with E-state index in [2.05, 4.69) is 35.5 Å². The lowest BCUT2D eigenvalue weighted by atomic mass is 9.84. The number of hydrogen-bond acceptors (Lipinski definition) is 3. The second kappa shape index (κ2) is 6.71. The fraction of sp³-hybridized carbons (Fsp3) is 0.200. The van der Waals surface area contributed by atoms with Crippen LogP contribution in [-0.2, 0) is 16.1 Å². The third-order valence-electron chi connectivity index (χ3n) is 6.47. The lowest BCUT2D eigenvalue weighted by Crippen LogP contribution is -2.40. The van der Waals surface area contributed by atoms with E-state index in [1.807, 2.05) is 53.4 Å². The molecule has 1 saturated heterocycles. The molecular formula is C25H19ClN2O2. The van der Waals surface area contributed by atoms with E-state index in [1.54, 1.807) is 0 Å². The maximum absolute atomic E-state index is 13.8. The van der Waals surface area contributed by atoms with Gasteiger partial charge in [-0.25, -0.2) is 0 Å². The molecule has 3 heterocycles. The second-order valence-electron chi connectivity index (χ2n) is 8.05. The van der Waals surface area contributed by atoms with Crippen molar-refractivity contribution >= 4 is 23.2 Å². The minimum absolute atomic E-state index is 0.0146. The van der Waals surface area contributed by atoms with Gasteiger partial charge in [0.05, 0.1) is 12.1 Å². The predicted molar refractivity (Wildman–Crippen MR) is 115 cm³/mol. The summed E-state index contributed by atoms with van der Waals surface area (Å²) in [6.07, 6.45) is 0.478. The number of hydrogen-bond donors (Lipinski definition) is 0. The number of nitrogens with zero attached hydrogens (tertiary/aromatic N) is 2. The molecule has 5 heteroatoms. The summed E-state index contributed by atoms with van der Waals surface area (Å²) < 4.78 is 0. The standard InChI is InChI=1S/C25H19ClN2O2/c26-18-12-10-16(11-13-18)22-21-24(30-27-22)23-19-9-5-4-8-17(19)14-20(28(23)25(21)29)15-6-2-1-3-7-15/h1-13,20-21,23-24H,14H2/t20-,21-,23-,24+/m1/s1. The molecule has 0 aliphatic carbocycles. The number of rotatable bonds is 2. The summed E-state index contributed by atoms with van der Waals surface area (Å²) in [5, 5.41) is 5.01. The highest BCUT2D eigenvalue weighted by Crippen LogP contribution is 2.51. The van der Waals surface area contributed by atoms with Crippen LogP contribution in [0.1, 0.15) is 34.3 Å². The summed E-state index contributed by atoms with van der Waals surface area (Å²) in [4.78, 5) is 21.8. The molecule has 0 N–H and O–H groups in total. The van der Waals surface area contributed by atoms with Gasteiger partial charge in [0.15, 0.2) is 6.10 Å². The van der Waals surface area contributed by atoms with E-state index >= 15 is 0 Å². The highest BCUT2D eigenvalue weighted by atomic mass is 35.5. The van der Waals surface area contributed by atoms with E-state index in [4.69, 9.17) is 16.4 Å². The number of benzene rings is 3. The highest BCUT2D eigenvalue weighted by Gasteiger charge is 2.59. The van der Waals surface area contributed by atoms with Crippen LogP contribution in [0.2, 0.25) is 5.02 Å². The maximum Gasteiger partial charge on any atom is 0.237 e. The lowest BCUT2D eigenvalue weighted by molar-refractivity contribution is -0.133. The van der Waals surface area contributed by atoms with Gasteiger partial charge in [-0.2, -0.15) is 0 Å².